The van der Waals surface area contributed by atoms with Gasteiger partial charge in [0.15, 0.2) is 0 Å². The molecule has 0 bridgehead atoms. The van der Waals surface area contributed by atoms with Crippen LogP contribution in [0.5, 0.6) is 0 Å². The van der Waals surface area contributed by atoms with E-state index in [1.165, 1.54) is 5.56 Å². The van der Waals surface area contributed by atoms with Crippen LogP contribution >= 0.6 is 11.6 Å². The van der Waals surface area contributed by atoms with Gasteiger partial charge in [-0.05, 0) is 42.3 Å². The third kappa shape index (κ3) is 3.82. The van der Waals surface area contributed by atoms with E-state index in [0.29, 0.717) is 5.56 Å². The molecule has 1 atom stereocenters. The molecule has 2 nitrogen and oxygen atoms in total. The highest BCUT2D eigenvalue weighted by molar-refractivity contribution is 6.30. The van der Waals surface area contributed by atoms with Crippen LogP contribution < -0.4 is 5.32 Å². The zero-order valence-electron chi connectivity index (χ0n) is 10.7. The van der Waals surface area contributed by atoms with Crippen molar-refractivity contribution < 1.29 is 0 Å². The zero-order valence-corrected chi connectivity index (χ0v) is 11.5. The summed E-state index contributed by atoms with van der Waals surface area (Å²) < 4.78 is 0. The average Bonchev–Trinajstić information content (AvgIpc) is 2.45. The summed E-state index contributed by atoms with van der Waals surface area (Å²) in [4.78, 5) is 0. The molecule has 0 radical (unpaired) electrons. The van der Waals surface area contributed by atoms with Gasteiger partial charge in [-0.3, -0.25) is 0 Å². The van der Waals surface area contributed by atoms with E-state index in [1.54, 1.807) is 0 Å². The van der Waals surface area contributed by atoms with E-state index < -0.39 is 0 Å². The van der Waals surface area contributed by atoms with Crippen molar-refractivity contribution >= 4 is 11.6 Å². The highest BCUT2D eigenvalue weighted by Crippen LogP contribution is 2.17. The van der Waals surface area contributed by atoms with Crippen molar-refractivity contribution in [3.8, 4) is 6.07 Å². The molecule has 0 saturated carbocycles. The Kier molecular flexibility index (Phi) is 4.57. The van der Waals surface area contributed by atoms with Crippen molar-refractivity contribution in [2.75, 3.05) is 0 Å². The van der Waals surface area contributed by atoms with Crippen LogP contribution in [-0.4, -0.2) is 0 Å². The maximum absolute atomic E-state index is 8.74. The molecule has 0 unspecified atom stereocenters. The second-order valence-electron chi connectivity index (χ2n) is 4.47. The Hall–Kier alpha value is -1.82. The summed E-state index contributed by atoms with van der Waals surface area (Å²) in [5.41, 5.74) is 3.01. The minimum atomic E-state index is 0.231. The number of hydrogen-bond donors (Lipinski definition) is 1. The zero-order chi connectivity index (χ0) is 13.7. The van der Waals surface area contributed by atoms with Crippen LogP contribution in [0.15, 0.2) is 48.5 Å². The lowest BCUT2D eigenvalue weighted by Gasteiger charge is -2.14. The molecule has 0 aliphatic rings. The Morgan fingerprint density at radius 3 is 2.58 bits per heavy atom. The lowest BCUT2D eigenvalue weighted by atomic mass is 10.1. The molecule has 2 aromatic rings. The van der Waals surface area contributed by atoms with Crippen LogP contribution in [0.25, 0.3) is 0 Å². The third-order valence-corrected chi connectivity index (χ3v) is 3.28. The number of hydrogen-bond acceptors (Lipinski definition) is 2. The van der Waals surface area contributed by atoms with Crippen molar-refractivity contribution in [2.24, 2.45) is 0 Å². The fourth-order valence-corrected chi connectivity index (χ4v) is 2.06. The first-order valence-corrected chi connectivity index (χ1v) is 6.55. The molecule has 1 N–H and O–H groups in total. The molecule has 0 fully saturated rings. The first-order valence-electron chi connectivity index (χ1n) is 6.17. The largest absolute Gasteiger partial charge is 0.306 e. The molecule has 2 aromatic carbocycles. The monoisotopic (exact) mass is 270 g/mol. The molecule has 0 amide bonds. The Morgan fingerprint density at radius 2 is 1.95 bits per heavy atom. The highest BCUT2D eigenvalue weighted by Gasteiger charge is 2.05. The summed E-state index contributed by atoms with van der Waals surface area (Å²) in [7, 11) is 0. The van der Waals surface area contributed by atoms with E-state index in [2.05, 4.69) is 24.4 Å². The summed E-state index contributed by atoms with van der Waals surface area (Å²) in [6.45, 7) is 2.87. The molecule has 0 aromatic heterocycles. The number of benzene rings is 2. The van der Waals surface area contributed by atoms with Gasteiger partial charge in [-0.15, -0.1) is 0 Å². The molecule has 0 spiro atoms. The SMILES string of the molecule is C[C@@H](NCc1ccc(C#N)cc1)c1cccc(Cl)c1. The molecule has 0 heterocycles. The number of nitriles is 1. The van der Waals surface area contributed by atoms with Crippen LogP contribution in [0.3, 0.4) is 0 Å². The van der Waals surface area contributed by atoms with Gasteiger partial charge in [0, 0.05) is 17.6 Å². The Balaban J connectivity index is 1.96. The molecule has 19 heavy (non-hydrogen) atoms. The van der Waals surface area contributed by atoms with Gasteiger partial charge in [0.25, 0.3) is 0 Å². The van der Waals surface area contributed by atoms with E-state index in [4.69, 9.17) is 16.9 Å². The lowest BCUT2D eigenvalue weighted by molar-refractivity contribution is 0.575. The minimum Gasteiger partial charge on any atom is -0.306 e. The quantitative estimate of drug-likeness (QED) is 0.909. The predicted octanol–water partition coefficient (Wildman–Crippen LogP) is 4.06. The minimum absolute atomic E-state index is 0.231. The molecule has 2 rings (SSSR count). The number of nitrogens with zero attached hydrogens (tertiary/aromatic N) is 1. The van der Waals surface area contributed by atoms with Crippen molar-refractivity contribution in [3.63, 3.8) is 0 Å². The molecular weight excluding hydrogens is 256 g/mol. The summed E-state index contributed by atoms with van der Waals surface area (Å²) in [5.74, 6) is 0. The summed E-state index contributed by atoms with van der Waals surface area (Å²) in [5, 5.41) is 12.9. The van der Waals surface area contributed by atoms with Crippen LogP contribution in [-0.2, 0) is 6.54 Å². The molecule has 96 valence electrons. The van der Waals surface area contributed by atoms with Crippen molar-refractivity contribution in [3.05, 3.63) is 70.2 Å². The first-order chi connectivity index (χ1) is 9.19. The molecule has 0 aliphatic carbocycles. The van der Waals surface area contributed by atoms with Gasteiger partial charge in [-0.1, -0.05) is 35.9 Å². The van der Waals surface area contributed by atoms with E-state index >= 15 is 0 Å². The lowest BCUT2D eigenvalue weighted by Crippen LogP contribution is -2.17. The van der Waals surface area contributed by atoms with Crippen LogP contribution in [0, 0.1) is 11.3 Å². The van der Waals surface area contributed by atoms with E-state index in [0.717, 1.165) is 17.1 Å². The second kappa shape index (κ2) is 6.38. The van der Waals surface area contributed by atoms with Crippen molar-refractivity contribution in [2.45, 2.75) is 19.5 Å². The Morgan fingerprint density at radius 1 is 1.21 bits per heavy atom. The second-order valence-corrected chi connectivity index (χ2v) is 4.90. The Bertz CT molecular complexity index is 584. The maximum atomic E-state index is 8.74. The predicted molar refractivity (Wildman–Crippen MR) is 77.9 cm³/mol. The number of halogens is 1. The van der Waals surface area contributed by atoms with E-state index in [9.17, 15) is 0 Å². The number of nitrogens with one attached hydrogen (secondary N) is 1. The third-order valence-electron chi connectivity index (χ3n) is 3.04. The van der Waals surface area contributed by atoms with Crippen LogP contribution in [0.1, 0.15) is 29.7 Å². The Labute approximate surface area is 118 Å². The smallest absolute Gasteiger partial charge is 0.0991 e. The van der Waals surface area contributed by atoms with Gasteiger partial charge in [-0.25, -0.2) is 0 Å². The van der Waals surface area contributed by atoms with Gasteiger partial charge >= 0.3 is 0 Å². The van der Waals surface area contributed by atoms with Crippen LogP contribution in [0.2, 0.25) is 5.02 Å². The first kappa shape index (κ1) is 13.6. The van der Waals surface area contributed by atoms with Gasteiger partial charge in [-0.2, -0.15) is 5.26 Å². The average molecular weight is 271 g/mol. The van der Waals surface area contributed by atoms with Crippen LogP contribution in [0.4, 0.5) is 0 Å². The standard InChI is InChI=1S/C16H15ClN2/c1-12(15-3-2-4-16(17)9-15)19-11-14-7-5-13(10-18)6-8-14/h2-9,12,19H,11H2,1H3/t12-/m1/s1. The summed E-state index contributed by atoms with van der Waals surface area (Å²) in [6.07, 6.45) is 0. The fraction of sp³-hybridized carbons (Fsp3) is 0.188. The molecular formula is C16H15ClN2. The van der Waals surface area contributed by atoms with Gasteiger partial charge in [0.05, 0.1) is 11.6 Å². The van der Waals surface area contributed by atoms with E-state index in [-0.39, 0.29) is 6.04 Å². The normalized spacial score (nSPS) is 11.8. The maximum Gasteiger partial charge on any atom is 0.0991 e. The summed E-state index contributed by atoms with van der Waals surface area (Å²) >= 11 is 5.98. The molecule has 0 saturated heterocycles. The van der Waals surface area contributed by atoms with Gasteiger partial charge < -0.3 is 5.32 Å². The van der Waals surface area contributed by atoms with Crippen molar-refractivity contribution in [1.29, 1.82) is 5.26 Å². The fourth-order valence-electron chi connectivity index (χ4n) is 1.86. The molecule has 0 aliphatic heterocycles. The van der Waals surface area contributed by atoms with Crippen molar-refractivity contribution in [1.82, 2.24) is 5.32 Å². The summed E-state index contributed by atoms with van der Waals surface area (Å²) in [6, 6.07) is 17.8. The highest BCUT2D eigenvalue weighted by atomic mass is 35.5. The molecule has 3 heteroatoms. The van der Waals surface area contributed by atoms with Gasteiger partial charge in [0.1, 0.15) is 0 Å². The topological polar surface area (TPSA) is 35.8 Å². The number of rotatable bonds is 4. The van der Waals surface area contributed by atoms with E-state index in [1.807, 2.05) is 42.5 Å². The van der Waals surface area contributed by atoms with Gasteiger partial charge in [0.2, 0.25) is 0 Å².